The van der Waals surface area contributed by atoms with Crippen LogP contribution in [0.5, 0.6) is 0 Å². The molecule has 2 fully saturated rings. The molecule has 13 heteroatoms. The van der Waals surface area contributed by atoms with Crippen molar-refractivity contribution in [2.24, 2.45) is 13.0 Å². The first-order valence-corrected chi connectivity index (χ1v) is 15.4. The minimum absolute atomic E-state index is 0.00728. The van der Waals surface area contributed by atoms with E-state index in [1.54, 1.807) is 30.1 Å². The highest BCUT2D eigenvalue weighted by atomic mass is 32.2. The van der Waals surface area contributed by atoms with E-state index in [4.69, 9.17) is 9.47 Å². The van der Waals surface area contributed by atoms with Crippen molar-refractivity contribution in [3.63, 3.8) is 0 Å². The van der Waals surface area contributed by atoms with E-state index in [0.717, 1.165) is 27.4 Å². The zero-order valence-electron chi connectivity index (χ0n) is 24.4. The summed E-state index contributed by atoms with van der Waals surface area (Å²) in [6.07, 6.45) is -1.98. The van der Waals surface area contributed by atoms with Crippen LogP contribution in [0.4, 0.5) is 13.2 Å². The van der Waals surface area contributed by atoms with Gasteiger partial charge in [-0.2, -0.15) is 13.2 Å². The number of likely N-dealkylation sites (tertiary alicyclic amines) is 1. The molecule has 9 nitrogen and oxygen atoms in total. The topological polar surface area (TPSA) is 106 Å². The second-order valence-electron chi connectivity index (χ2n) is 11.1. The van der Waals surface area contributed by atoms with Crippen molar-refractivity contribution < 1.29 is 37.3 Å². The third-order valence-electron chi connectivity index (χ3n) is 8.05. The number of carbonyl (C=O) groups excluding carboxylic acids is 2. The van der Waals surface area contributed by atoms with Gasteiger partial charge in [0, 0.05) is 49.8 Å². The summed E-state index contributed by atoms with van der Waals surface area (Å²) in [5.41, 5.74) is 3.28. The molecule has 0 spiro atoms. The summed E-state index contributed by atoms with van der Waals surface area (Å²) < 4.78 is 53.7. The number of thioether (sulfide) groups is 1. The Balaban J connectivity index is 1.26. The maximum Gasteiger partial charge on any atom is 0.471 e. The molecule has 2 aliphatic rings. The van der Waals surface area contributed by atoms with E-state index in [1.807, 2.05) is 54.2 Å². The van der Waals surface area contributed by atoms with Gasteiger partial charge in [0.15, 0.2) is 11.4 Å². The standard InChI is InChI=1S/C31H35F3N4O5S/c1-19-25(18-44-30-35-13-15-37(30)2)42-28(43-26(19)22-9-7-21(17-39)8-10-22)23-11-5-20(6-12-23)16-36-27(40)24-4-3-14-38(24)29(41)31(32,33)34/h5-13,15,19,24-26,28,39H,3-4,14,16-18H2,1-2H3,(H,36,40)/t19-,24-,25+,26+,28+/m0/s1. The number of aliphatic hydroxyl groups excluding tert-OH is 1. The molecule has 2 aromatic carbocycles. The largest absolute Gasteiger partial charge is 0.471 e. The number of benzene rings is 2. The number of aryl methyl sites for hydroxylation is 1. The number of rotatable bonds is 9. The second-order valence-corrected chi connectivity index (χ2v) is 12.1. The second kappa shape index (κ2) is 13.7. The van der Waals surface area contributed by atoms with Gasteiger partial charge in [-0.1, -0.05) is 67.2 Å². The molecule has 236 valence electrons. The van der Waals surface area contributed by atoms with Gasteiger partial charge in [0.05, 0.1) is 18.8 Å². The lowest BCUT2D eigenvalue weighted by atomic mass is 9.91. The molecule has 0 radical (unpaired) electrons. The van der Waals surface area contributed by atoms with Crippen LogP contribution in [0.15, 0.2) is 66.1 Å². The van der Waals surface area contributed by atoms with Gasteiger partial charge < -0.3 is 29.4 Å². The summed E-state index contributed by atoms with van der Waals surface area (Å²) in [4.78, 5) is 29.4. The molecule has 0 unspecified atom stereocenters. The normalized spacial score (nSPS) is 24.0. The number of halogens is 3. The highest BCUT2D eigenvalue weighted by molar-refractivity contribution is 7.99. The Morgan fingerprint density at radius 3 is 2.39 bits per heavy atom. The molecule has 0 aliphatic carbocycles. The van der Waals surface area contributed by atoms with Gasteiger partial charge in [0.2, 0.25) is 5.91 Å². The number of nitrogens with one attached hydrogen (secondary N) is 1. The van der Waals surface area contributed by atoms with Crippen LogP contribution >= 0.6 is 11.8 Å². The zero-order chi connectivity index (χ0) is 31.4. The smallest absolute Gasteiger partial charge is 0.392 e. The maximum atomic E-state index is 12.9. The number of aliphatic hydroxyl groups is 1. The predicted molar refractivity (Wildman–Crippen MR) is 156 cm³/mol. The summed E-state index contributed by atoms with van der Waals surface area (Å²) >= 11 is 1.60. The average molecular weight is 633 g/mol. The van der Waals surface area contributed by atoms with Crippen molar-refractivity contribution >= 4 is 23.6 Å². The van der Waals surface area contributed by atoms with Crippen molar-refractivity contribution in [1.82, 2.24) is 19.8 Å². The third-order valence-corrected chi connectivity index (χ3v) is 9.20. The Hall–Kier alpha value is -3.39. The fraction of sp³-hybridized carbons (Fsp3) is 0.452. The van der Waals surface area contributed by atoms with Gasteiger partial charge in [-0.15, -0.1) is 0 Å². The molecule has 5 rings (SSSR count). The van der Waals surface area contributed by atoms with E-state index in [-0.39, 0.29) is 44.2 Å². The Morgan fingerprint density at radius 1 is 1.07 bits per heavy atom. The number of nitrogens with zero attached hydrogens (tertiary/aromatic N) is 3. The molecule has 44 heavy (non-hydrogen) atoms. The van der Waals surface area contributed by atoms with Gasteiger partial charge in [-0.3, -0.25) is 9.59 Å². The van der Waals surface area contributed by atoms with Crippen molar-refractivity contribution in [2.45, 2.75) is 68.8 Å². The van der Waals surface area contributed by atoms with Crippen molar-refractivity contribution in [1.29, 1.82) is 0 Å². The minimum Gasteiger partial charge on any atom is -0.392 e. The van der Waals surface area contributed by atoms with Crippen LogP contribution < -0.4 is 5.32 Å². The number of alkyl halides is 3. The monoisotopic (exact) mass is 632 g/mol. The van der Waals surface area contributed by atoms with Crippen LogP contribution in [0.2, 0.25) is 0 Å². The lowest BCUT2D eigenvalue weighted by molar-refractivity contribution is -0.268. The summed E-state index contributed by atoms with van der Waals surface area (Å²) in [6.45, 7) is 2.03. The van der Waals surface area contributed by atoms with Crippen LogP contribution in [0, 0.1) is 5.92 Å². The quantitative estimate of drug-likeness (QED) is 0.331. The van der Waals surface area contributed by atoms with E-state index in [2.05, 4.69) is 17.2 Å². The molecular weight excluding hydrogens is 597 g/mol. The molecule has 3 aromatic rings. The number of hydrogen-bond acceptors (Lipinski definition) is 7. The van der Waals surface area contributed by atoms with Crippen LogP contribution in [-0.2, 0) is 39.3 Å². The minimum atomic E-state index is -5.02. The Bertz CT molecular complexity index is 1430. The molecule has 5 atom stereocenters. The first kappa shape index (κ1) is 32.0. The van der Waals surface area contributed by atoms with Gasteiger partial charge >= 0.3 is 12.1 Å². The highest BCUT2D eigenvalue weighted by Gasteiger charge is 2.47. The number of amides is 2. The van der Waals surface area contributed by atoms with Crippen LogP contribution in [0.3, 0.4) is 0 Å². The van der Waals surface area contributed by atoms with Gasteiger partial charge in [0.25, 0.3) is 0 Å². The Morgan fingerprint density at radius 2 is 1.75 bits per heavy atom. The van der Waals surface area contributed by atoms with Crippen molar-refractivity contribution in [3.05, 3.63) is 83.2 Å². The molecule has 1 aromatic heterocycles. The summed E-state index contributed by atoms with van der Waals surface area (Å²) in [7, 11) is 1.94. The van der Waals surface area contributed by atoms with Crippen molar-refractivity contribution in [3.8, 4) is 0 Å². The van der Waals surface area contributed by atoms with Crippen LogP contribution in [0.25, 0.3) is 0 Å². The van der Waals surface area contributed by atoms with Gasteiger partial charge in [0.1, 0.15) is 6.04 Å². The molecule has 0 saturated carbocycles. The van der Waals surface area contributed by atoms with E-state index >= 15 is 0 Å². The predicted octanol–water partition coefficient (Wildman–Crippen LogP) is 4.67. The van der Waals surface area contributed by atoms with Crippen molar-refractivity contribution in [2.75, 3.05) is 12.3 Å². The molecule has 2 saturated heterocycles. The molecule has 2 N–H and O–H groups in total. The van der Waals surface area contributed by atoms with Gasteiger partial charge in [-0.05, 0) is 29.5 Å². The number of hydrogen-bond donors (Lipinski definition) is 2. The number of aromatic nitrogens is 2. The lowest BCUT2D eigenvalue weighted by Crippen LogP contribution is -2.50. The van der Waals surface area contributed by atoms with E-state index in [1.165, 1.54) is 0 Å². The molecule has 2 amide bonds. The summed E-state index contributed by atoms with van der Waals surface area (Å²) in [5, 5.41) is 13.0. The lowest BCUT2D eigenvalue weighted by Gasteiger charge is -2.41. The SMILES string of the molecule is C[C@H]1[C@@H](CSc2nccn2C)O[C@@H](c2ccc(CNC(=O)[C@@H]3CCCN3C(=O)C(F)(F)F)cc2)O[C@H]1c1ccc(CO)cc1. The maximum absolute atomic E-state index is 12.9. The fourth-order valence-electron chi connectivity index (χ4n) is 5.50. The number of imidazole rings is 1. The van der Waals surface area contributed by atoms with E-state index in [9.17, 15) is 27.9 Å². The third kappa shape index (κ3) is 7.28. The molecule has 3 heterocycles. The van der Waals surface area contributed by atoms with E-state index < -0.39 is 30.3 Å². The molecular formula is C31H35F3N4O5S. The Labute approximate surface area is 257 Å². The summed E-state index contributed by atoms with van der Waals surface area (Å²) in [6, 6.07) is 13.8. The zero-order valence-corrected chi connectivity index (χ0v) is 25.2. The van der Waals surface area contributed by atoms with Gasteiger partial charge in [-0.25, -0.2) is 4.98 Å². The van der Waals surface area contributed by atoms with Crippen LogP contribution in [0.1, 0.15) is 54.4 Å². The number of ether oxygens (including phenoxy) is 2. The van der Waals surface area contributed by atoms with E-state index in [0.29, 0.717) is 17.1 Å². The number of carbonyl (C=O) groups is 2. The first-order valence-electron chi connectivity index (χ1n) is 14.4. The Kier molecular flexibility index (Phi) is 9.98. The molecule has 2 aliphatic heterocycles. The average Bonchev–Trinajstić information content (AvgIpc) is 3.68. The van der Waals surface area contributed by atoms with Crippen LogP contribution in [-0.4, -0.2) is 62.0 Å². The molecule has 0 bridgehead atoms. The highest BCUT2D eigenvalue weighted by Crippen LogP contribution is 2.43. The first-order chi connectivity index (χ1) is 21.0. The fourth-order valence-corrected chi connectivity index (χ4v) is 6.60. The summed E-state index contributed by atoms with van der Waals surface area (Å²) in [5.74, 6) is -1.94.